The Balaban J connectivity index is 0.954. The third-order valence-corrected chi connectivity index (χ3v) is 12.4. The standard InChI is InChI=1S/C58H35N3O2/c1-4-14-36(15-5-1)40-27-31-52-48(35-40)56-57(63-52)55(37-16-6-2-7-17-37)59-58(60-56)45-23-13-25-53-54(45)47-34-42(28-30-51(47)62-53)39-19-12-18-38(32-39)41-26-29-50-46(33-41)44-22-10-11-24-49(44)61(50)43-20-8-3-9-21-43/h1-35H. The average molecular weight is 806 g/mol. The van der Waals surface area contributed by atoms with Gasteiger partial charge in [0, 0.05) is 43.7 Å². The molecule has 0 unspecified atom stereocenters. The number of fused-ring (bicyclic) bond motifs is 9. The Morgan fingerprint density at radius 1 is 0.349 bits per heavy atom. The molecule has 4 aromatic heterocycles. The Labute approximate surface area is 361 Å². The zero-order chi connectivity index (χ0) is 41.4. The molecule has 4 heterocycles. The maximum Gasteiger partial charge on any atom is 0.180 e. The Morgan fingerprint density at radius 3 is 1.70 bits per heavy atom. The number of aromatic nitrogens is 3. The topological polar surface area (TPSA) is 57.0 Å². The van der Waals surface area contributed by atoms with E-state index in [0.29, 0.717) is 11.4 Å². The van der Waals surface area contributed by atoms with Crippen LogP contribution in [0, 0.1) is 0 Å². The first-order valence-corrected chi connectivity index (χ1v) is 21.2. The first-order valence-electron chi connectivity index (χ1n) is 21.2. The molecule has 5 heteroatoms. The number of furan rings is 2. The zero-order valence-corrected chi connectivity index (χ0v) is 33.9. The van der Waals surface area contributed by atoms with Crippen LogP contribution in [0.3, 0.4) is 0 Å². The van der Waals surface area contributed by atoms with Crippen LogP contribution in [-0.4, -0.2) is 14.5 Å². The Hall–Kier alpha value is -8.54. The van der Waals surface area contributed by atoms with Crippen LogP contribution >= 0.6 is 0 Å². The van der Waals surface area contributed by atoms with Crippen LogP contribution in [0.4, 0.5) is 0 Å². The van der Waals surface area contributed by atoms with Gasteiger partial charge in [0.1, 0.15) is 28.0 Å². The Morgan fingerprint density at radius 2 is 0.921 bits per heavy atom. The fraction of sp³-hybridized carbons (Fsp3) is 0. The highest BCUT2D eigenvalue weighted by Crippen LogP contribution is 2.42. The summed E-state index contributed by atoms with van der Waals surface area (Å²) < 4.78 is 15.5. The van der Waals surface area contributed by atoms with Gasteiger partial charge in [0.15, 0.2) is 11.4 Å². The smallest absolute Gasteiger partial charge is 0.180 e. The molecule has 13 aromatic rings. The molecular formula is C58H35N3O2. The highest BCUT2D eigenvalue weighted by Gasteiger charge is 2.22. The molecule has 0 fully saturated rings. The van der Waals surface area contributed by atoms with Crippen molar-refractivity contribution in [2.45, 2.75) is 0 Å². The van der Waals surface area contributed by atoms with Gasteiger partial charge < -0.3 is 13.4 Å². The number of hydrogen-bond donors (Lipinski definition) is 0. The van der Waals surface area contributed by atoms with Gasteiger partial charge >= 0.3 is 0 Å². The van der Waals surface area contributed by atoms with Crippen molar-refractivity contribution in [3.63, 3.8) is 0 Å². The second kappa shape index (κ2) is 14.0. The lowest BCUT2D eigenvalue weighted by atomic mass is 9.96. The van der Waals surface area contributed by atoms with Crippen molar-refractivity contribution in [3.8, 4) is 61.7 Å². The SMILES string of the molecule is c1ccc(-c2ccc3oc4c(-c5ccccc5)nc(-c5cccc6oc7ccc(-c8cccc(-c9ccc%10c(c9)c9ccccc9n%10-c9ccccc9)c8)cc7c56)nc4c3c2)cc1. The molecule has 0 amide bonds. The molecule has 0 aliphatic heterocycles. The number of para-hydroxylation sites is 2. The van der Waals surface area contributed by atoms with E-state index in [4.69, 9.17) is 18.8 Å². The molecule has 9 aromatic carbocycles. The van der Waals surface area contributed by atoms with E-state index in [1.165, 1.54) is 27.4 Å². The fourth-order valence-electron chi connectivity index (χ4n) is 9.44. The van der Waals surface area contributed by atoms with Crippen molar-refractivity contribution in [1.82, 2.24) is 14.5 Å². The normalized spacial score (nSPS) is 11.8. The van der Waals surface area contributed by atoms with E-state index in [1.54, 1.807) is 0 Å². The summed E-state index contributed by atoms with van der Waals surface area (Å²) in [6.07, 6.45) is 0. The predicted molar refractivity (Wildman–Crippen MR) is 258 cm³/mol. The van der Waals surface area contributed by atoms with Crippen LogP contribution in [-0.2, 0) is 0 Å². The van der Waals surface area contributed by atoms with E-state index < -0.39 is 0 Å². The summed E-state index contributed by atoms with van der Waals surface area (Å²) in [7, 11) is 0. The van der Waals surface area contributed by atoms with Crippen LogP contribution in [0.2, 0.25) is 0 Å². The van der Waals surface area contributed by atoms with Crippen molar-refractivity contribution < 1.29 is 8.83 Å². The van der Waals surface area contributed by atoms with E-state index in [9.17, 15) is 0 Å². The van der Waals surface area contributed by atoms with Crippen molar-refractivity contribution in [3.05, 3.63) is 212 Å². The molecule has 0 spiro atoms. The highest BCUT2D eigenvalue weighted by molar-refractivity contribution is 6.15. The van der Waals surface area contributed by atoms with Gasteiger partial charge in [0.2, 0.25) is 0 Å². The summed E-state index contributed by atoms with van der Waals surface area (Å²) in [6.45, 7) is 0. The molecular weight excluding hydrogens is 771 g/mol. The van der Waals surface area contributed by atoms with Gasteiger partial charge in [-0.15, -0.1) is 0 Å². The minimum atomic E-state index is 0.610. The third kappa shape index (κ3) is 5.71. The van der Waals surface area contributed by atoms with Crippen LogP contribution in [0.5, 0.6) is 0 Å². The van der Waals surface area contributed by atoms with Gasteiger partial charge in [0.25, 0.3) is 0 Å². The summed E-state index contributed by atoms with van der Waals surface area (Å²) in [6, 6.07) is 74.5. The number of nitrogens with zero attached hydrogens (tertiary/aromatic N) is 3. The van der Waals surface area contributed by atoms with Gasteiger partial charge in [-0.2, -0.15) is 0 Å². The second-order valence-corrected chi connectivity index (χ2v) is 16.1. The highest BCUT2D eigenvalue weighted by atomic mass is 16.3. The molecule has 0 radical (unpaired) electrons. The fourth-order valence-corrected chi connectivity index (χ4v) is 9.44. The van der Waals surface area contributed by atoms with E-state index in [1.807, 2.05) is 42.5 Å². The minimum absolute atomic E-state index is 0.610. The minimum Gasteiger partial charge on any atom is -0.456 e. The lowest BCUT2D eigenvalue weighted by Gasteiger charge is -2.09. The van der Waals surface area contributed by atoms with Crippen LogP contribution in [0.25, 0.3) is 128 Å². The molecule has 0 aliphatic rings. The maximum atomic E-state index is 6.58. The monoisotopic (exact) mass is 805 g/mol. The molecule has 63 heavy (non-hydrogen) atoms. The Kier molecular flexibility index (Phi) is 7.84. The summed E-state index contributed by atoms with van der Waals surface area (Å²) in [5.41, 5.74) is 16.7. The van der Waals surface area contributed by atoms with E-state index in [0.717, 1.165) is 88.7 Å². The van der Waals surface area contributed by atoms with E-state index in [-0.39, 0.29) is 0 Å². The van der Waals surface area contributed by atoms with Gasteiger partial charge in [0.05, 0.1) is 11.0 Å². The van der Waals surface area contributed by atoms with Crippen molar-refractivity contribution >= 4 is 65.8 Å². The average Bonchev–Trinajstić information content (AvgIpc) is 4.03. The molecule has 13 rings (SSSR count). The lowest BCUT2D eigenvalue weighted by molar-refractivity contribution is 0.667. The van der Waals surface area contributed by atoms with Crippen LogP contribution < -0.4 is 0 Å². The maximum absolute atomic E-state index is 6.58. The summed E-state index contributed by atoms with van der Waals surface area (Å²) in [5.74, 6) is 0.610. The molecule has 0 bridgehead atoms. The van der Waals surface area contributed by atoms with Gasteiger partial charge in [-0.25, -0.2) is 9.97 Å². The molecule has 0 saturated carbocycles. The van der Waals surface area contributed by atoms with Gasteiger partial charge in [-0.3, -0.25) is 0 Å². The molecule has 0 atom stereocenters. The van der Waals surface area contributed by atoms with Crippen molar-refractivity contribution in [2.75, 3.05) is 0 Å². The largest absolute Gasteiger partial charge is 0.456 e. The van der Waals surface area contributed by atoms with Crippen molar-refractivity contribution in [2.24, 2.45) is 0 Å². The lowest BCUT2D eigenvalue weighted by Crippen LogP contribution is -1.94. The van der Waals surface area contributed by atoms with E-state index >= 15 is 0 Å². The number of rotatable bonds is 6. The molecule has 5 nitrogen and oxygen atoms in total. The molecule has 0 aliphatic carbocycles. The van der Waals surface area contributed by atoms with Gasteiger partial charge in [-0.05, 0) is 100 Å². The molecule has 0 N–H and O–H groups in total. The van der Waals surface area contributed by atoms with Gasteiger partial charge in [-0.1, -0.05) is 146 Å². The number of hydrogen-bond acceptors (Lipinski definition) is 4. The molecule has 294 valence electrons. The third-order valence-electron chi connectivity index (χ3n) is 12.4. The van der Waals surface area contributed by atoms with Crippen LogP contribution in [0.1, 0.15) is 0 Å². The first-order chi connectivity index (χ1) is 31.2. The van der Waals surface area contributed by atoms with E-state index in [2.05, 4.69) is 174 Å². The van der Waals surface area contributed by atoms with Crippen molar-refractivity contribution in [1.29, 1.82) is 0 Å². The second-order valence-electron chi connectivity index (χ2n) is 16.1. The predicted octanol–water partition coefficient (Wildman–Crippen LogP) is 15.7. The summed E-state index contributed by atoms with van der Waals surface area (Å²) in [5, 5.41) is 5.39. The first kappa shape index (κ1) is 35.2. The zero-order valence-electron chi connectivity index (χ0n) is 33.9. The summed E-state index contributed by atoms with van der Waals surface area (Å²) in [4.78, 5) is 10.6. The quantitative estimate of drug-likeness (QED) is 0.168. The Bertz CT molecular complexity index is 3900. The molecule has 0 saturated heterocycles. The summed E-state index contributed by atoms with van der Waals surface area (Å²) >= 11 is 0. The van der Waals surface area contributed by atoms with Crippen LogP contribution in [0.15, 0.2) is 221 Å². The number of benzene rings is 9.